The molecule has 0 radical (unpaired) electrons. The fraction of sp³-hybridized carbons (Fsp3) is 0.0278. The summed E-state index contributed by atoms with van der Waals surface area (Å²) in [5, 5.41) is 10.1. The van der Waals surface area contributed by atoms with Crippen molar-refractivity contribution in [1.29, 1.82) is 0 Å². The zero-order valence-corrected chi connectivity index (χ0v) is 24.6. The monoisotopic (exact) mass is 578 g/mol. The van der Waals surface area contributed by atoms with Gasteiger partial charge in [-0.25, -0.2) is 0 Å². The Morgan fingerprint density at radius 2 is 1.32 bits per heavy atom. The molecule has 9 rings (SSSR count). The fourth-order valence-corrected chi connectivity index (χ4v) is 10.2. The highest BCUT2D eigenvalue weighted by atomic mass is 32.1. The second-order valence-corrected chi connectivity index (χ2v) is 13.4. The molecule has 5 aromatic carbocycles. The highest BCUT2D eigenvalue weighted by molar-refractivity contribution is 7.28. The Morgan fingerprint density at radius 3 is 2.12 bits per heavy atom. The number of fused-ring (bicyclic) bond motifs is 13. The molecule has 4 aromatic heterocycles. The Kier molecular flexibility index (Phi) is 4.91. The van der Waals surface area contributed by atoms with Crippen LogP contribution in [0, 0.1) is 0 Å². The molecule has 194 valence electrons. The Balaban J connectivity index is 1.61. The largest absolute Gasteiger partial charge is 0.306 e. The van der Waals surface area contributed by atoms with Crippen LogP contribution in [0.3, 0.4) is 0 Å². The van der Waals surface area contributed by atoms with Crippen LogP contribution in [0.1, 0.15) is 12.5 Å². The van der Waals surface area contributed by atoms with Gasteiger partial charge in [-0.3, -0.25) is 4.99 Å². The zero-order chi connectivity index (χ0) is 27.2. The summed E-state index contributed by atoms with van der Waals surface area (Å²) < 4.78 is 9.09. The summed E-state index contributed by atoms with van der Waals surface area (Å²) in [6.07, 6.45) is 4.32. The third-order valence-corrected chi connectivity index (χ3v) is 11.7. The van der Waals surface area contributed by atoms with Crippen LogP contribution in [0.4, 0.5) is 5.00 Å². The van der Waals surface area contributed by atoms with Gasteiger partial charge >= 0.3 is 0 Å². The molecule has 0 bridgehead atoms. The molecule has 0 aliphatic rings. The first-order valence-corrected chi connectivity index (χ1v) is 16.1. The van der Waals surface area contributed by atoms with E-state index in [1.807, 2.05) is 22.7 Å². The van der Waals surface area contributed by atoms with E-state index in [2.05, 4.69) is 126 Å². The van der Waals surface area contributed by atoms with E-state index in [9.17, 15) is 0 Å². The van der Waals surface area contributed by atoms with Gasteiger partial charge in [0.25, 0.3) is 0 Å². The van der Waals surface area contributed by atoms with Gasteiger partial charge in [0.05, 0.1) is 26.1 Å². The molecule has 0 fully saturated rings. The van der Waals surface area contributed by atoms with Gasteiger partial charge in [-0.15, -0.1) is 34.0 Å². The standard InChI is InChI=1S/C36H22N2S3/c1-3-11-24-30-29-23-14-6-9-19-28(23)40-35(29)32-31(34(30)41-36(24)37-2)22-13-4-7-16-25(22)38(32)26-17-10-15-21-20-12-5-8-18-27(20)39-33(21)26/h3-19H,2H2,1H3/b11-3-. The van der Waals surface area contributed by atoms with Crippen LogP contribution in [-0.2, 0) is 0 Å². The van der Waals surface area contributed by atoms with Crippen LogP contribution in [0.5, 0.6) is 0 Å². The Hall–Kier alpha value is -4.29. The van der Waals surface area contributed by atoms with Crippen molar-refractivity contribution in [2.45, 2.75) is 6.92 Å². The molecule has 0 amide bonds. The molecule has 9 aromatic rings. The predicted octanol–water partition coefficient (Wildman–Crippen LogP) is 12.1. The minimum absolute atomic E-state index is 0.977. The van der Waals surface area contributed by atoms with Crippen LogP contribution >= 0.6 is 34.0 Å². The molecular weight excluding hydrogens is 557 g/mol. The Labute approximate surface area is 247 Å². The van der Waals surface area contributed by atoms with Crippen molar-refractivity contribution < 1.29 is 0 Å². The van der Waals surface area contributed by atoms with Crippen molar-refractivity contribution in [3.63, 3.8) is 0 Å². The summed E-state index contributed by atoms with van der Waals surface area (Å²) in [5.41, 5.74) is 4.92. The number of para-hydroxylation sites is 1. The van der Waals surface area contributed by atoms with Crippen molar-refractivity contribution >= 4 is 124 Å². The molecule has 0 unspecified atom stereocenters. The quantitative estimate of drug-likeness (QED) is 0.186. The third-order valence-electron chi connectivity index (χ3n) is 8.19. The van der Waals surface area contributed by atoms with Crippen LogP contribution < -0.4 is 0 Å². The first-order valence-electron chi connectivity index (χ1n) is 13.6. The molecule has 4 heterocycles. The lowest BCUT2D eigenvalue weighted by Crippen LogP contribution is -1.94. The number of hydrogen-bond acceptors (Lipinski definition) is 4. The van der Waals surface area contributed by atoms with E-state index in [1.165, 1.54) is 83.5 Å². The van der Waals surface area contributed by atoms with Gasteiger partial charge in [-0.1, -0.05) is 78.9 Å². The molecule has 5 heteroatoms. The molecule has 0 atom stereocenters. The van der Waals surface area contributed by atoms with Gasteiger partial charge in [0.1, 0.15) is 5.00 Å². The molecular formula is C36H22N2S3. The molecule has 0 aliphatic carbocycles. The van der Waals surface area contributed by atoms with Crippen LogP contribution in [0.25, 0.3) is 84.0 Å². The number of rotatable bonds is 3. The third kappa shape index (κ3) is 3.03. The summed E-state index contributed by atoms with van der Waals surface area (Å²) in [6, 6.07) is 33.3. The average molecular weight is 579 g/mol. The summed E-state index contributed by atoms with van der Waals surface area (Å²) in [7, 11) is 0. The summed E-state index contributed by atoms with van der Waals surface area (Å²) >= 11 is 5.55. The summed E-state index contributed by atoms with van der Waals surface area (Å²) in [4.78, 5) is 4.53. The molecule has 0 aliphatic heterocycles. The maximum absolute atomic E-state index is 4.53. The van der Waals surface area contributed by atoms with Gasteiger partial charge in [0.15, 0.2) is 0 Å². The highest BCUT2D eigenvalue weighted by Crippen LogP contribution is 2.54. The van der Waals surface area contributed by atoms with Gasteiger partial charge in [-0.05, 0) is 37.9 Å². The SMILES string of the molecule is C=Nc1sc2c(c1/C=C\C)c1c3ccccc3sc1c1c2c2ccccc2n1-c1cccc2c1sc1ccccc12. The van der Waals surface area contributed by atoms with Crippen LogP contribution in [-0.4, -0.2) is 11.3 Å². The summed E-state index contributed by atoms with van der Waals surface area (Å²) in [6.45, 7) is 6.05. The van der Waals surface area contributed by atoms with Gasteiger partial charge in [-0.2, -0.15) is 0 Å². The number of allylic oxidation sites excluding steroid dienone is 1. The number of hydrogen-bond donors (Lipinski definition) is 0. The van der Waals surface area contributed by atoms with Crippen molar-refractivity contribution in [1.82, 2.24) is 4.57 Å². The maximum atomic E-state index is 4.53. The lowest BCUT2D eigenvalue weighted by molar-refractivity contribution is 1.21. The molecule has 2 nitrogen and oxygen atoms in total. The van der Waals surface area contributed by atoms with E-state index < -0.39 is 0 Å². The minimum atomic E-state index is 0.977. The first-order chi connectivity index (χ1) is 20.3. The number of benzene rings is 5. The van der Waals surface area contributed by atoms with Gasteiger partial charge in [0.2, 0.25) is 0 Å². The lowest BCUT2D eigenvalue weighted by Gasteiger charge is -2.10. The van der Waals surface area contributed by atoms with Crippen molar-refractivity contribution in [3.8, 4) is 5.69 Å². The molecule has 0 spiro atoms. The van der Waals surface area contributed by atoms with Gasteiger partial charge in [0, 0.05) is 57.4 Å². The molecule has 0 N–H and O–H groups in total. The molecule has 0 saturated heterocycles. The second kappa shape index (κ2) is 8.60. The maximum Gasteiger partial charge on any atom is 0.123 e. The van der Waals surface area contributed by atoms with Crippen molar-refractivity contribution in [2.24, 2.45) is 4.99 Å². The minimum Gasteiger partial charge on any atom is -0.306 e. The van der Waals surface area contributed by atoms with Gasteiger partial charge < -0.3 is 4.57 Å². The Bertz CT molecular complexity index is 2570. The number of thiophene rings is 3. The first kappa shape index (κ1) is 23.4. The van der Waals surface area contributed by atoms with E-state index in [4.69, 9.17) is 0 Å². The van der Waals surface area contributed by atoms with E-state index in [1.54, 1.807) is 11.3 Å². The van der Waals surface area contributed by atoms with Crippen LogP contribution in [0.15, 0.2) is 102 Å². The number of aliphatic imine (C=N–C) groups is 1. The second-order valence-electron chi connectivity index (χ2n) is 10.3. The number of aromatic nitrogens is 1. The highest BCUT2D eigenvalue weighted by Gasteiger charge is 2.26. The van der Waals surface area contributed by atoms with E-state index in [0.717, 1.165) is 5.00 Å². The van der Waals surface area contributed by atoms with E-state index >= 15 is 0 Å². The van der Waals surface area contributed by atoms with Crippen molar-refractivity contribution in [2.75, 3.05) is 0 Å². The van der Waals surface area contributed by atoms with Crippen molar-refractivity contribution in [3.05, 3.63) is 103 Å². The zero-order valence-electron chi connectivity index (χ0n) is 22.1. The van der Waals surface area contributed by atoms with E-state index in [0.29, 0.717) is 0 Å². The average Bonchev–Trinajstić information content (AvgIpc) is 3.76. The predicted molar refractivity (Wildman–Crippen MR) is 186 cm³/mol. The topological polar surface area (TPSA) is 17.3 Å². The fourth-order valence-electron chi connectivity index (χ4n) is 6.60. The smallest absolute Gasteiger partial charge is 0.123 e. The van der Waals surface area contributed by atoms with E-state index in [-0.39, 0.29) is 0 Å². The Morgan fingerprint density at radius 1 is 0.634 bits per heavy atom. The number of nitrogens with zero attached hydrogens (tertiary/aromatic N) is 2. The molecule has 41 heavy (non-hydrogen) atoms. The van der Waals surface area contributed by atoms with Crippen LogP contribution in [0.2, 0.25) is 0 Å². The molecule has 0 saturated carbocycles. The normalized spacial score (nSPS) is 12.5. The lowest BCUT2D eigenvalue weighted by atomic mass is 10.0. The summed E-state index contributed by atoms with van der Waals surface area (Å²) in [5.74, 6) is 0.